The monoisotopic (exact) mass is 343 g/mol. The van der Waals surface area contributed by atoms with Crippen molar-refractivity contribution in [3.63, 3.8) is 0 Å². The molecular formula is C13H14BrNO3S. The number of esters is 1. The lowest BCUT2D eigenvalue weighted by Crippen LogP contribution is -2.40. The third-order valence-electron chi connectivity index (χ3n) is 2.99. The zero-order chi connectivity index (χ0) is 13.8. The summed E-state index contributed by atoms with van der Waals surface area (Å²) in [6, 6.07) is 3.43. The van der Waals surface area contributed by atoms with Crippen molar-refractivity contribution < 1.29 is 14.3 Å². The van der Waals surface area contributed by atoms with Crippen LogP contribution in [0.2, 0.25) is 0 Å². The molecule has 1 aromatic rings. The number of hydrogen-bond acceptors (Lipinski definition) is 4. The normalized spacial score (nSPS) is 19.1. The van der Waals surface area contributed by atoms with Crippen LogP contribution in [0.5, 0.6) is 0 Å². The molecule has 4 nitrogen and oxygen atoms in total. The number of carbonyl (C=O) groups is 2. The van der Waals surface area contributed by atoms with E-state index >= 15 is 0 Å². The Kier molecular flexibility index (Phi) is 4.76. The molecule has 2 rings (SSSR count). The van der Waals surface area contributed by atoms with Crippen LogP contribution < -0.4 is 0 Å². The highest BCUT2D eigenvalue weighted by Gasteiger charge is 2.33. The molecule has 0 spiro atoms. The topological polar surface area (TPSA) is 46.6 Å². The minimum Gasteiger partial charge on any atom is -0.467 e. The van der Waals surface area contributed by atoms with Gasteiger partial charge in [-0.25, -0.2) is 4.79 Å². The van der Waals surface area contributed by atoms with Crippen molar-refractivity contribution in [1.82, 2.24) is 4.90 Å². The predicted octanol–water partition coefficient (Wildman–Crippen LogP) is 2.69. The van der Waals surface area contributed by atoms with E-state index in [-0.39, 0.29) is 11.9 Å². The van der Waals surface area contributed by atoms with Crippen molar-refractivity contribution in [3.05, 3.63) is 26.9 Å². The summed E-state index contributed by atoms with van der Waals surface area (Å²) in [7, 11) is 1.35. The van der Waals surface area contributed by atoms with E-state index in [2.05, 4.69) is 15.9 Å². The van der Waals surface area contributed by atoms with Gasteiger partial charge in [0.1, 0.15) is 6.04 Å². The quantitative estimate of drug-likeness (QED) is 0.626. The molecule has 0 saturated carbocycles. The molecule has 2 heterocycles. The lowest BCUT2D eigenvalue weighted by molar-refractivity contribution is -0.149. The maximum Gasteiger partial charge on any atom is 0.328 e. The van der Waals surface area contributed by atoms with Crippen LogP contribution in [0, 0.1) is 0 Å². The molecular weight excluding hydrogens is 330 g/mol. The van der Waals surface area contributed by atoms with Crippen LogP contribution in [0.3, 0.4) is 0 Å². The average molecular weight is 344 g/mol. The zero-order valence-electron chi connectivity index (χ0n) is 10.5. The van der Waals surface area contributed by atoms with Crippen molar-refractivity contribution in [2.75, 3.05) is 13.7 Å². The standard InChI is InChI=1S/C13H14BrNO3S/c1-18-13(17)10-3-2-8-15(10)12(16)7-5-9-4-6-11(14)19-9/h4-7,10H,2-3,8H2,1H3/b7-5+. The minimum absolute atomic E-state index is 0.141. The number of hydrogen-bond donors (Lipinski definition) is 0. The van der Waals surface area contributed by atoms with Gasteiger partial charge in [0.25, 0.3) is 0 Å². The van der Waals surface area contributed by atoms with Crippen LogP contribution in [0.1, 0.15) is 17.7 Å². The number of carbonyl (C=O) groups excluding carboxylic acids is 2. The average Bonchev–Trinajstić information content (AvgIpc) is 3.03. The number of ether oxygens (including phenoxy) is 1. The third-order valence-corrected chi connectivity index (χ3v) is 4.58. The van der Waals surface area contributed by atoms with Gasteiger partial charge in [-0.1, -0.05) is 0 Å². The molecule has 1 fully saturated rings. The molecule has 0 radical (unpaired) electrons. The maximum absolute atomic E-state index is 12.1. The number of thiophene rings is 1. The van der Waals surface area contributed by atoms with E-state index in [1.165, 1.54) is 13.2 Å². The van der Waals surface area contributed by atoms with E-state index in [4.69, 9.17) is 4.74 Å². The first-order valence-corrected chi connectivity index (χ1v) is 7.54. The Hall–Kier alpha value is -1.14. The summed E-state index contributed by atoms with van der Waals surface area (Å²) in [5.41, 5.74) is 0. The Morgan fingerprint density at radius 3 is 2.95 bits per heavy atom. The lowest BCUT2D eigenvalue weighted by atomic mass is 10.2. The molecule has 1 amide bonds. The largest absolute Gasteiger partial charge is 0.467 e. The second kappa shape index (κ2) is 6.34. The Balaban J connectivity index is 2.03. The molecule has 19 heavy (non-hydrogen) atoms. The van der Waals surface area contributed by atoms with Gasteiger partial charge in [0, 0.05) is 17.5 Å². The molecule has 0 aliphatic carbocycles. The summed E-state index contributed by atoms with van der Waals surface area (Å²) in [6.45, 7) is 0.608. The molecule has 1 aromatic heterocycles. The molecule has 0 aromatic carbocycles. The summed E-state index contributed by atoms with van der Waals surface area (Å²) in [5.74, 6) is -0.476. The van der Waals surface area contributed by atoms with E-state index in [1.54, 1.807) is 22.3 Å². The van der Waals surface area contributed by atoms with Crippen LogP contribution in [0.15, 0.2) is 22.0 Å². The number of amides is 1. The summed E-state index contributed by atoms with van der Waals surface area (Å²) in [5, 5.41) is 0. The molecule has 102 valence electrons. The minimum atomic E-state index is -0.433. The van der Waals surface area contributed by atoms with Crippen LogP contribution in [-0.4, -0.2) is 36.5 Å². The van der Waals surface area contributed by atoms with E-state index in [1.807, 2.05) is 12.1 Å². The fraction of sp³-hybridized carbons (Fsp3) is 0.385. The van der Waals surface area contributed by atoms with Crippen LogP contribution in [0.4, 0.5) is 0 Å². The summed E-state index contributed by atoms with van der Waals surface area (Å²) in [4.78, 5) is 26.2. The first kappa shape index (κ1) is 14.3. The summed E-state index contributed by atoms with van der Waals surface area (Å²) < 4.78 is 5.74. The van der Waals surface area contributed by atoms with Crippen molar-refractivity contribution in [2.45, 2.75) is 18.9 Å². The molecule has 0 bridgehead atoms. The van der Waals surface area contributed by atoms with Gasteiger partial charge in [0.05, 0.1) is 10.9 Å². The van der Waals surface area contributed by atoms with Gasteiger partial charge in [-0.2, -0.15) is 0 Å². The molecule has 1 aliphatic heterocycles. The fourth-order valence-corrected chi connectivity index (χ4v) is 3.40. The van der Waals surface area contributed by atoms with Gasteiger partial charge >= 0.3 is 5.97 Å². The van der Waals surface area contributed by atoms with Gasteiger partial charge < -0.3 is 9.64 Å². The Labute approximate surface area is 124 Å². The molecule has 1 atom stereocenters. The highest BCUT2D eigenvalue weighted by Crippen LogP contribution is 2.24. The lowest BCUT2D eigenvalue weighted by Gasteiger charge is -2.20. The summed E-state index contributed by atoms with van der Waals surface area (Å²) >= 11 is 4.92. The van der Waals surface area contributed by atoms with Crippen LogP contribution >= 0.6 is 27.3 Å². The number of likely N-dealkylation sites (tertiary alicyclic amines) is 1. The smallest absolute Gasteiger partial charge is 0.328 e. The van der Waals surface area contributed by atoms with E-state index < -0.39 is 6.04 Å². The maximum atomic E-state index is 12.1. The summed E-state index contributed by atoms with van der Waals surface area (Å²) in [6.07, 6.45) is 4.80. The van der Waals surface area contributed by atoms with E-state index in [0.717, 1.165) is 15.1 Å². The second-order valence-electron chi connectivity index (χ2n) is 4.19. The van der Waals surface area contributed by atoms with Crippen molar-refractivity contribution in [2.24, 2.45) is 0 Å². The first-order chi connectivity index (χ1) is 9.11. The van der Waals surface area contributed by atoms with Crippen LogP contribution in [0.25, 0.3) is 6.08 Å². The fourth-order valence-electron chi connectivity index (χ4n) is 2.08. The van der Waals surface area contributed by atoms with E-state index in [9.17, 15) is 9.59 Å². The molecule has 0 N–H and O–H groups in total. The van der Waals surface area contributed by atoms with Gasteiger partial charge in [-0.15, -0.1) is 11.3 Å². The molecule has 1 unspecified atom stereocenters. The second-order valence-corrected chi connectivity index (χ2v) is 6.68. The van der Waals surface area contributed by atoms with Gasteiger partial charge in [-0.3, -0.25) is 4.79 Å². The van der Waals surface area contributed by atoms with Crippen molar-refractivity contribution in [3.8, 4) is 0 Å². The Morgan fingerprint density at radius 2 is 2.32 bits per heavy atom. The number of methoxy groups -OCH3 is 1. The van der Waals surface area contributed by atoms with Gasteiger partial charge in [0.2, 0.25) is 5.91 Å². The highest BCUT2D eigenvalue weighted by molar-refractivity contribution is 9.11. The first-order valence-electron chi connectivity index (χ1n) is 5.93. The Bertz CT molecular complexity index is 512. The highest BCUT2D eigenvalue weighted by atomic mass is 79.9. The van der Waals surface area contributed by atoms with Crippen LogP contribution in [-0.2, 0) is 14.3 Å². The Morgan fingerprint density at radius 1 is 1.53 bits per heavy atom. The van der Waals surface area contributed by atoms with Gasteiger partial charge in [0.15, 0.2) is 0 Å². The van der Waals surface area contributed by atoms with E-state index in [0.29, 0.717) is 13.0 Å². The third kappa shape index (κ3) is 3.45. The molecule has 6 heteroatoms. The van der Waals surface area contributed by atoms with Crippen molar-refractivity contribution in [1.29, 1.82) is 0 Å². The molecule has 1 aliphatic rings. The number of rotatable bonds is 3. The molecule has 1 saturated heterocycles. The number of halogens is 1. The van der Waals surface area contributed by atoms with Gasteiger partial charge in [-0.05, 0) is 47.0 Å². The number of nitrogens with zero attached hydrogens (tertiary/aromatic N) is 1. The van der Waals surface area contributed by atoms with Crippen molar-refractivity contribution >= 4 is 45.2 Å². The predicted molar refractivity (Wildman–Crippen MR) is 77.8 cm³/mol. The zero-order valence-corrected chi connectivity index (χ0v) is 12.9. The SMILES string of the molecule is COC(=O)C1CCCN1C(=O)/C=C/c1ccc(Br)s1.